The summed E-state index contributed by atoms with van der Waals surface area (Å²) in [5.74, 6) is 0.771. The molecule has 0 unspecified atom stereocenters. The molecule has 1 aliphatic rings. The third-order valence-corrected chi connectivity index (χ3v) is 4.73. The number of piperazine rings is 1. The molecule has 1 atom stereocenters. The van der Waals surface area contributed by atoms with Crippen LogP contribution in [0.25, 0.3) is 0 Å². The number of hydrogen-bond donors (Lipinski definition) is 0. The number of nitrogens with zero attached hydrogens (tertiary/aromatic N) is 4. The number of hydrogen-bond acceptors (Lipinski definition) is 4. The zero-order valence-electron chi connectivity index (χ0n) is 15.2. The van der Waals surface area contributed by atoms with Gasteiger partial charge in [0.2, 0.25) is 5.91 Å². The van der Waals surface area contributed by atoms with Crippen LogP contribution in [-0.2, 0) is 4.79 Å². The van der Waals surface area contributed by atoms with E-state index in [2.05, 4.69) is 5.10 Å². The van der Waals surface area contributed by atoms with Crippen LogP contribution in [0.5, 0.6) is 5.75 Å². The predicted octanol–water partition coefficient (Wildman–Crippen LogP) is 1.83. The van der Waals surface area contributed by atoms with Gasteiger partial charge in [0.05, 0.1) is 7.11 Å². The van der Waals surface area contributed by atoms with Crippen molar-refractivity contribution in [3.63, 3.8) is 0 Å². The molecular weight excluding hydrogens is 332 g/mol. The number of methoxy groups -OCH3 is 1. The molecule has 0 bridgehead atoms. The highest BCUT2D eigenvalue weighted by molar-refractivity contribution is 5.94. The third kappa shape index (κ3) is 3.71. The molecule has 0 radical (unpaired) electrons. The summed E-state index contributed by atoms with van der Waals surface area (Å²) in [6, 6.07) is 8.63. The topological polar surface area (TPSA) is 67.7 Å². The standard InChI is InChI=1S/C19H24N4O3/c1-3-17(23-10-4-9-20-23)19(25)22-13-11-21(12-14-22)18(24)15-5-7-16(26-2)8-6-15/h4-10,17H,3,11-14H2,1-2H3/t17-/m0/s1. The smallest absolute Gasteiger partial charge is 0.253 e. The van der Waals surface area contributed by atoms with Crippen LogP contribution < -0.4 is 4.74 Å². The number of aromatic nitrogens is 2. The van der Waals surface area contributed by atoms with E-state index in [1.165, 1.54) is 0 Å². The van der Waals surface area contributed by atoms with Crippen molar-refractivity contribution in [2.75, 3.05) is 33.3 Å². The van der Waals surface area contributed by atoms with Gasteiger partial charge in [-0.3, -0.25) is 14.3 Å². The third-order valence-electron chi connectivity index (χ3n) is 4.73. The Kier molecular flexibility index (Phi) is 5.55. The number of carbonyl (C=O) groups is 2. The molecule has 2 heterocycles. The molecule has 2 aromatic rings. The van der Waals surface area contributed by atoms with Crippen molar-refractivity contribution in [3.05, 3.63) is 48.3 Å². The maximum Gasteiger partial charge on any atom is 0.253 e. The van der Waals surface area contributed by atoms with Crippen molar-refractivity contribution in [2.45, 2.75) is 19.4 Å². The first-order valence-electron chi connectivity index (χ1n) is 8.85. The van der Waals surface area contributed by atoms with E-state index in [1.807, 2.05) is 24.1 Å². The van der Waals surface area contributed by atoms with Gasteiger partial charge in [-0.15, -0.1) is 0 Å². The van der Waals surface area contributed by atoms with E-state index in [-0.39, 0.29) is 17.9 Å². The lowest BCUT2D eigenvalue weighted by Crippen LogP contribution is -2.52. The fraction of sp³-hybridized carbons (Fsp3) is 0.421. The number of rotatable bonds is 5. The Balaban J connectivity index is 1.59. The average molecular weight is 356 g/mol. The molecule has 1 aromatic carbocycles. The van der Waals surface area contributed by atoms with E-state index in [1.54, 1.807) is 47.2 Å². The maximum absolute atomic E-state index is 12.8. The van der Waals surface area contributed by atoms with Crippen LogP contribution in [0.4, 0.5) is 0 Å². The number of benzene rings is 1. The molecular formula is C19H24N4O3. The number of amides is 2. The number of ether oxygens (including phenoxy) is 1. The predicted molar refractivity (Wildman–Crippen MR) is 97.0 cm³/mol. The summed E-state index contributed by atoms with van der Waals surface area (Å²) < 4.78 is 6.83. The van der Waals surface area contributed by atoms with E-state index in [4.69, 9.17) is 4.74 Å². The average Bonchev–Trinajstić information content (AvgIpc) is 3.22. The molecule has 1 fully saturated rings. The van der Waals surface area contributed by atoms with Crippen molar-refractivity contribution in [1.29, 1.82) is 0 Å². The molecule has 1 aromatic heterocycles. The van der Waals surface area contributed by atoms with Crippen LogP contribution >= 0.6 is 0 Å². The van der Waals surface area contributed by atoms with E-state index in [9.17, 15) is 9.59 Å². The summed E-state index contributed by atoms with van der Waals surface area (Å²) in [4.78, 5) is 29.0. The van der Waals surface area contributed by atoms with Crippen LogP contribution in [0.3, 0.4) is 0 Å². The normalized spacial score (nSPS) is 15.6. The van der Waals surface area contributed by atoms with E-state index < -0.39 is 0 Å². The van der Waals surface area contributed by atoms with Crippen molar-refractivity contribution in [2.24, 2.45) is 0 Å². The van der Waals surface area contributed by atoms with Crippen LogP contribution in [0.2, 0.25) is 0 Å². The molecule has 2 amide bonds. The van der Waals surface area contributed by atoms with Gasteiger partial charge in [0.25, 0.3) is 5.91 Å². The quantitative estimate of drug-likeness (QED) is 0.820. The van der Waals surface area contributed by atoms with Gasteiger partial charge in [-0.2, -0.15) is 5.10 Å². The fourth-order valence-electron chi connectivity index (χ4n) is 3.20. The number of carbonyl (C=O) groups excluding carboxylic acids is 2. The molecule has 26 heavy (non-hydrogen) atoms. The first kappa shape index (κ1) is 18.0. The van der Waals surface area contributed by atoms with Gasteiger partial charge in [-0.05, 0) is 36.8 Å². The minimum absolute atomic E-state index is 0.0149. The van der Waals surface area contributed by atoms with Crippen molar-refractivity contribution in [1.82, 2.24) is 19.6 Å². The molecule has 7 heteroatoms. The van der Waals surface area contributed by atoms with Crippen molar-refractivity contribution >= 4 is 11.8 Å². The lowest BCUT2D eigenvalue weighted by molar-refractivity contribution is -0.136. The van der Waals surface area contributed by atoms with Gasteiger partial charge >= 0.3 is 0 Å². The van der Waals surface area contributed by atoms with Gasteiger partial charge in [-0.25, -0.2) is 0 Å². The Morgan fingerprint density at radius 3 is 2.31 bits per heavy atom. The molecule has 0 aliphatic carbocycles. The van der Waals surface area contributed by atoms with Crippen LogP contribution in [0, 0.1) is 0 Å². The summed E-state index contributed by atoms with van der Waals surface area (Å²) in [5, 5.41) is 4.19. The molecule has 3 rings (SSSR count). The summed E-state index contributed by atoms with van der Waals surface area (Å²) in [6.45, 7) is 4.13. The lowest BCUT2D eigenvalue weighted by atomic mass is 10.1. The maximum atomic E-state index is 12.8. The van der Waals surface area contributed by atoms with Crippen LogP contribution in [0.15, 0.2) is 42.7 Å². The van der Waals surface area contributed by atoms with E-state index >= 15 is 0 Å². The van der Waals surface area contributed by atoms with Gasteiger partial charge in [-0.1, -0.05) is 6.92 Å². The zero-order chi connectivity index (χ0) is 18.5. The van der Waals surface area contributed by atoms with Crippen molar-refractivity contribution in [3.8, 4) is 5.75 Å². The largest absolute Gasteiger partial charge is 0.497 e. The lowest BCUT2D eigenvalue weighted by Gasteiger charge is -2.36. The Morgan fingerprint density at radius 1 is 1.12 bits per heavy atom. The summed E-state index contributed by atoms with van der Waals surface area (Å²) in [6.07, 6.45) is 4.18. The van der Waals surface area contributed by atoms with E-state index in [0.29, 0.717) is 38.2 Å². The second-order valence-electron chi connectivity index (χ2n) is 6.26. The van der Waals surface area contributed by atoms with Crippen LogP contribution in [0.1, 0.15) is 29.7 Å². The molecule has 0 saturated carbocycles. The summed E-state index contributed by atoms with van der Waals surface area (Å²) >= 11 is 0. The molecule has 1 aliphatic heterocycles. The highest BCUT2D eigenvalue weighted by Gasteiger charge is 2.29. The minimum atomic E-state index is -0.283. The highest BCUT2D eigenvalue weighted by Crippen LogP contribution is 2.17. The Morgan fingerprint density at radius 2 is 1.77 bits per heavy atom. The summed E-state index contributed by atoms with van der Waals surface area (Å²) in [5.41, 5.74) is 0.633. The van der Waals surface area contributed by atoms with E-state index in [0.717, 1.165) is 5.75 Å². The Bertz CT molecular complexity index is 735. The Hall–Kier alpha value is -2.83. The van der Waals surface area contributed by atoms with Gasteiger partial charge in [0.1, 0.15) is 11.8 Å². The first-order valence-corrected chi connectivity index (χ1v) is 8.85. The van der Waals surface area contributed by atoms with Gasteiger partial charge < -0.3 is 14.5 Å². The second-order valence-corrected chi connectivity index (χ2v) is 6.26. The van der Waals surface area contributed by atoms with Crippen molar-refractivity contribution < 1.29 is 14.3 Å². The molecule has 0 spiro atoms. The highest BCUT2D eigenvalue weighted by atomic mass is 16.5. The molecule has 0 N–H and O–H groups in total. The fourth-order valence-corrected chi connectivity index (χ4v) is 3.20. The molecule has 1 saturated heterocycles. The summed E-state index contributed by atoms with van der Waals surface area (Å²) in [7, 11) is 1.60. The second kappa shape index (κ2) is 8.03. The monoisotopic (exact) mass is 356 g/mol. The van der Waals surface area contributed by atoms with Gasteiger partial charge in [0.15, 0.2) is 0 Å². The van der Waals surface area contributed by atoms with Crippen LogP contribution in [-0.4, -0.2) is 64.7 Å². The van der Waals surface area contributed by atoms with Gasteiger partial charge in [0, 0.05) is 44.1 Å². The molecule has 138 valence electrons. The minimum Gasteiger partial charge on any atom is -0.497 e. The zero-order valence-corrected chi connectivity index (χ0v) is 15.2. The first-order chi connectivity index (χ1) is 12.6. The Labute approximate surface area is 153 Å². The molecule has 7 nitrogen and oxygen atoms in total. The SMILES string of the molecule is CC[C@@H](C(=O)N1CCN(C(=O)c2ccc(OC)cc2)CC1)n1cccn1.